The van der Waals surface area contributed by atoms with Gasteiger partial charge >= 0.3 is 0 Å². The summed E-state index contributed by atoms with van der Waals surface area (Å²) >= 11 is 3.66. The molecule has 4 aliphatic carbocycles. The lowest BCUT2D eigenvalue weighted by molar-refractivity contribution is -0.0602. The van der Waals surface area contributed by atoms with E-state index < -0.39 is 0 Å². The summed E-state index contributed by atoms with van der Waals surface area (Å²) in [5, 5.41) is 3.88. The molecule has 5 rings (SSSR count). The van der Waals surface area contributed by atoms with Gasteiger partial charge in [0.05, 0.1) is 0 Å². The monoisotopic (exact) mass is 347 g/mol. The summed E-state index contributed by atoms with van der Waals surface area (Å²) in [7, 11) is 0. The van der Waals surface area contributed by atoms with Crippen LogP contribution in [0.4, 0.5) is 5.69 Å². The molecular weight excluding hydrogens is 322 g/mol. The Bertz CT molecular complexity index is 515. The Kier molecular flexibility index (Phi) is 3.37. The van der Waals surface area contributed by atoms with Crippen LogP contribution < -0.4 is 5.32 Å². The second kappa shape index (κ2) is 5.01. The zero-order valence-electron chi connectivity index (χ0n) is 13.2. The highest BCUT2D eigenvalue weighted by atomic mass is 79.9. The predicted molar refractivity (Wildman–Crippen MR) is 92.6 cm³/mol. The Hall–Kier alpha value is -0.500. The van der Waals surface area contributed by atoms with Crippen LogP contribution in [-0.2, 0) is 0 Å². The highest BCUT2D eigenvalue weighted by Crippen LogP contribution is 2.61. The van der Waals surface area contributed by atoms with Crippen LogP contribution in [0.1, 0.15) is 51.0 Å². The fourth-order valence-electron chi connectivity index (χ4n) is 5.86. The topological polar surface area (TPSA) is 12.0 Å². The van der Waals surface area contributed by atoms with Crippen LogP contribution in [0, 0.1) is 30.1 Å². The van der Waals surface area contributed by atoms with E-state index in [0.29, 0.717) is 11.5 Å². The molecule has 1 N–H and O–H groups in total. The van der Waals surface area contributed by atoms with Crippen molar-refractivity contribution in [2.45, 2.75) is 58.4 Å². The molecule has 0 radical (unpaired) electrons. The number of hydrogen-bond donors (Lipinski definition) is 1. The number of halogens is 1. The first-order valence-corrected chi connectivity index (χ1v) is 9.37. The molecule has 1 aromatic carbocycles. The van der Waals surface area contributed by atoms with Crippen molar-refractivity contribution in [1.82, 2.24) is 0 Å². The zero-order valence-corrected chi connectivity index (χ0v) is 14.7. The Balaban J connectivity index is 1.57. The van der Waals surface area contributed by atoms with Crippen LogP contribution in [0.3, 0.4) is 0 Å². The van der Waals surface area contributed by atoms with Crippen LogP contribution in [0.2, 0.25) is 0 Å². The molecule has 4 saturated carbocycles. The third-order valence-electron chi connectivity index (χ3n) is 6.64. The molecular formula is C19H26BrN. The highest BCUT2D eigenvalue weighted by Gasteiger charge is 2.53. The molecule has 0 saturated heterocycles. The van der Waals surface area contributed by atoms with E-state index in [1.807, 2.05) is 0 Å². The summed E-state index contributed by atoms with van der Waals surface area (Å²) < 4.78 is 1.21. The first kappa shape index (κ1) is 14.1. The van der Waals surface area contributed by atoms with E-state index in [9.17, 15) is 0 Å². The van der Waals surface area contributed by atoms with Crippen LogP contribution in [-0.4, -0.2) is 6.04 Å². The number of anilines is 1. The SMILES string of the molecule is Cc1c(Br)cccc1NC(C)C12CC3CC(CC(C3)C1)C2. The van der Waals surface area contributed by atoms with Gasteiger partial charge in [-0.3, -0.25) is 0 Å². The van der Waals surface area contributed by atoms with Gasteiger partial charge in [-0.2, -0.15) is 0 Å². The van der Waals surface area contributed by atoms with Crippen LogP contribution in [0.15, 0.2) is 22.7 Å². The molecule has 0 spiro atoms. The van der Waals surface area contributed by atoms with Gasteiger partial charge in [0, 0.05) is 16.2 Å². The van der Waals surface area contributed by atoms with Crippen molar-refractivity contribution in [3.8, 4) is 0 Å². The van der Waals surface area contributed by atoms with E-state index in [0.717, 1.165) is 17.8 Å². The lowest BCUT2D eigenvalue weighted by Gasteiger charge is -2.59. The van der Waals surface area contributed by atoms with Gasteiger partial charge in [-0.25, -0.2) is 0 Å². The maximum Gasteiger partial charge on any atom is 0.0383 e. The average molecular weight is 348 g/mol. The van der Waals surface area contributed by atoms with Crippen molar-refractivity contribution in [1.29, 1.82) is 0 Å². The molecule has 0 aliphatic heterocycles. The van der Waals surface area contributed by atoms with Crippen LogP contribution in [0.5, 0.6) is 0 Å². The summed E-state index contributed by atoms with van der Waals surface area (Å²) in [6, 6.07) is 7.11. The first-order valence-electron chi connectivity index (χ1n) is 8.57. The number of hydrogen-bond acceptors (Lipinski definition) is 1. The van der Waals surface area contributed by atoms with Crippen molar-refractivity contribution in [3.63, 3.8) is 0 Å². The lowest BCUT2D eigenvalue weighted by Crippen LogP contribution is -2.52. The summed E-state index contributed by atoms with van der Waals surface area (Å²) in [5.41, 5.74) is 3.23. The third-order valence-corrected chi connectivity index (χ3v) is 7.50. The van der Waals surface area contributed by atoms with Crippen molar-refractivity contribution >= 4 is 21.6 Å². The summed E-state index contributed by atoms with van der Waals surface area (Å²) in [6.45, 7) is 4.65. The molecule has 0 amide bonds. The first-order chi connectivity index (χ1) is 10.1. The van der Waals surface area contributed by atoms with Crippen molar-refractivity contribution in [2.24, 2.45) is 23.2 Å². The average Bonchev–Trinajstić information content (AvgIpc) is 2.42. The molecule has 21 heavy (non-hydrogen) atoms. The molecule has 4 aliphatic rings. The van der Waals surface area contributed by atoms with Crippen molar-refractivity contribution in [2.75, 3.05) is 5.32 Å². The van der Waals surface area contributed by atoms with E-state index in [-0.39, 0.29) is 0 Å². The molecule has 1 atom stereocenters. The van der Waals surface area contributed by atoms with Crippen LogP contribution >= 0.6 is 15.9 Å². The second-order valence-electron chi connectivity index (χ2n) is 8.06. The maximum absolute atomic E-state index is 3.88. The van der Waals surface area contributed by atoms with E-state index >= 15 is 0 Å². The van der Waals surface area contributed by atoms with Gasteiger partial charge in [0.1, 0.15) is 0 Å². The Morgan fingerprint density at radius 1 is 1.10 bits per heavy atom. The molecule has 4 bridgehead atoms. The molecule has 114 valence electrons. The molecule has 0 aromatic heterocycles. The molecule has 2 heteroatoms. The van der Waals surface area contributed by atoms with E-state index in [1.165, 1.54) is 54.2 Å². The third kappa shape index (κ3) is 2.34. The predicted octanol–water partition coefficient (Wildman–Crippen LogP) is 5.77. The Morgan fingerprint density at radius 2 is 1.67 bits per heavy atom. The fourth-order valence-corrected chi connectivity index (χ4v) is 6.22. The minimum Gasteiger partial charge on any atom is -0.382 e. The lowest BCUT2D eigenvalue weighted by atomic mass is 9.48. The Morgan fingerprint density at radius 3 is 2.24 bits per heavy atom. The largest absolute Gasteiger partial charge is 0.382 e. The minimum absolute atomic E-state index is 0.573. The highest BCUT2D eigenvalue weighted by molar-refractivity contribution is 9.10. The van der Waals surface area contributed by atoms with Gasteiger partial charge in [-0.1, -0.05) is 22.0 Å². The van der Waals surface area contributed by atoms with Gasteiger partial charge in [0.2, 0.25) is 0 Å². The smallest absolute Gasteiger partial charge is 0.0383 e. The zero-order chi connectivity index (χ0) is 14.6. The number of benzene rings is 1. The minimum atomic E-state index is 0.573. The van der Waals surface area contributed by atoms with Gasteiger partial charge in [0.25, 0.3) is 0 Å². The molecule has 0 heterocycles. The van der Waals surface area contributed by atoms with E-state index in [4.69, 9.17) is 0 Å². The number of rotatable bonds is 3. The molecule has 1 unspecified atom stereocenters. The quantitative estimate of drug-likeness (QED) is 0.731. The molecule has 1 aromatic rings. The standard InChI is InChI=1S/C19H26BrN/c1-12-17(20)4-3-5-18(12)21-13(2)19-9-14-6-15(10-19)8-16(7-14)11-19/h3-5,13-16,21H,6-11H2,1-2H3. The number of nitrogens with one attached hydrogen (secondary N) is 1. The molecule has 4 fully saturated rings. The van der Waals surface area contributed by atoms with Gasteiger partial charge in [-0.05, 0) is 93.2 Å². The van der Waals surface area contributed by atoms with E-state index in [1.54, 1.807) is 0 Å². The second-order valence-corrected chi connectivity index (χ2v) is 8.91. The van der Waals surface area contributed by atoms with E-state index in [2.05, 4.69) is 53.3 Å². The summed E-state index contributed by atoms with van der Waals surface area (Å²) in [6.07, 6.45) is 9.01. The van der Waals surface area contributed by atoms with Gasteiger partial charge < -0.3 is 5.32 Å². The molecule has 1 nitrogen and oxygen atoms in total. The normalized spacial score (nSPS) is 38.5. The van der Waals surface area contributed by atoms with Crippen molar-refractivity contribution in [3.05, 3.63) is 28.2 Å². The summed E-state index contributed by atoms with van der Waals surface area (Å²) in [4.78, 5) is 0. The van der Waals surface area contributed by atoms with Gasteiger partial charge in [0.15, 0.2) is 0 Å². The fraction of sp³-hybridized carbons (Fsp3) is 0.684. The maximum atomic E-state index is 3.88. The van der Waals surface area contributed by atoms with Crippen LogP contribution in [0.25, 0.3) is 0 Å². The van der Waals surface area contributed by atoms with Crippen molar-refractivity contribution < 1.29 is 0 Å². The Labute approximate surface area is 137 Å². The van der Waals surface area contributed by atoms with Gasteiger partial charge in [-0.15, -0.1) is 0 Å². The summed E-state index contributed by atoms with van der Waals surface area (Å²) in [5.74, 6) is 3.09.